The van der Waals surface area contributed by atoms with E-state index in [0.29, 0.717) is 0 Å². The van der Waals surface area contributed by atoms with Gasteiger partial charge >= 0.3 is 0 Å². The van der Waals surface area contributed by atoms with Crippen molar-refractivity contribution in [3.63, 3.8) is 0 Å². The fraction of sp³-hybridized carbons (Fsp3) is 0.700. The first-order chi connectivity index (χ1) is 6.66. The highest BCUT2D eigenvalue weighted by molar-refractivity contribution is 7.09. The maximum Gasteiger partial charge on any atom is 0.114 e. The van der Waals surface area contributed by atoms with Gasteiger partial charge in [0.25, 0.3) is 0 Å². The largest absolute Gasteiger partial charge is 0.307 e. The Kier molecular flexibility index (Phi) is 2.60. The van der Waals surface area contributed by atoms with Gasteiger partial charge in [0.2, 0.25) is 0 Å². The Balaban J connectivity index is 2.29. The zero-order chi connectivity index (χ0) is 10.2. The molecule has 0 spiro atoms. The van der Waals surface area contributed by atoms with Gasteiger partial charge in [-0.05, 0) is 27.4 Å². The zero-order valence-corrected chi connectivity index (χ0v) is 9.82. The third-order valence-corrected chi connectivity index (χ3v) is 4.13. The van der Waals surface area contributed by atoms with Gasteiger partial charge in [-0.15, -0.1) is 11.3 Å². The van der Waals surface area contributed by atoms with Gasteiger partial charge < -0.3 is 10.2 Å². The second-order valence-electron chi connectivity index (χ2n) is 4.11. The first-order valence-electron chi connectivity index (χ1n) is 4.96. The molecule has 0 amide bonds. The molecular weight excluding hydrogens is 194 g/mol. The van der Waals surface area contributed by atoms with Crippen LogP contribution < -0.4 is 5.32 Å². The lowest BCUT2D eigenvalue weighted by Crippen LogP contribution is -2.42. The third kappa shape index (κ3) is 1.58. The number of likely N-dealkylation sites (N-methyl/N-ethyl adjacent to an activating group) is 2. The van der Waals surface area contributed by atoms with Crippen LogP contribution in [0.2, 0.25) is 0 Å². The molecule has 2 rings (SSSR count). The molecule has 0 radical (unpaired) electrons. The first kappa shape index (κ1) is 10.1. The van der Waals surface area contributed by atoms with Crippen LogP contribution in [0.1, 0.15) is 17.1 Å². The minimum absolute atomic E-state index is 0.105. The molecule has 1 aliphatic rings. The van der Waals surface area contributed by atoms with E-state index in [4.69, 9.17) is 0 Å². The fourth-order valence-corrected chi connectivity index (χ4v) is 3.09. The lowest BCUT2D eigenvalue weighted by atomic mass is 10.0. The number of nitrogens with one attached hydrogen (secondary N) is 1. The second kappa shape index (κ2) is 3.61. The quantitative estimate of drug-likeness (QED) is 0.797. The standard InChI is InChI=1S/C10H17N3S/c1-8-6-14-9(12-8)10(11-2)4-5-13(3)7-10/h6,11H,4-5,7H2,1-3H3. The van der Waals surface area contributed by atoms with E-state index in [0.717, 1.165) is 25.2 Å². The van der Waals surface area contributed by atoms with Gasteiger partial charge in [0.1, 0.15) is 5.01 Å². The molecule has 1 N–H and O–H groups in total. The number of likely N-dealkylation sites (tertiary alicyclic amines) is 1. The summed E-state index contributed by atoms with van der Waals surface area (Å²) in [6, 6.07) is 0. The molecule has 0 aromatic carbocycles. The van der Waals surface area contributed by atoms with Crippen LogP contribution >= 0.6 is 11.3 Å². The topological polar surface area (TPSA) is 28.2 Å². The predicted molar refractivity (Wildman–Crippen MR) is 59.7 cm³/mol. The number of hydrogen-bond acceptors (Lipinski definition) is 4. The average molecular weight is 211 g/mol. The Labute approximate surface area is 89.1 Å². The van der Waals surface area contributed by atoms with E-state index in [1.807, 2.05) is 7.05 Å². The van der Waals surface area contributed by atoms with Crippen molar-refractivity contribution >= 4 is 11.3 Å². The fourth-order valence-electron chi connectivity index (χ4n) is 2.06. The molecular formula is C10H17N3S. The zero-order valence-electron chi connectivity index (χ0n) is 9.00. The molecule has 1 aromatic rings. The van der Waals surface area contributed by atoms with Crippen molar-refractivity contribution in [3.8, 4) is 0 Å². The van der Waals surface area contributed by atoms with Gasteiger partial charge in [-0.2, -0.15) is 0 Å². The summed E-state index contributed by atoms with van der Waals surface area (Å²) in [5.74, 6) is 0. The summed E-state index contributed by atoms with van der Waals surface area (Å²) in [6.07, 6.45) is 1.16. The molecule has 78 valence electrons. The van der Waals surface area contributed by atoms with E-state index in [2.05, 4.69) is 34.6 Å². The molecule has 0 bridgehead atoms. The lowest BCUT2D eigenvalue weighted by Gasteiger charge is -2.26. The minimum atomic E-state index is 0.105. The van der Waals surface area contributed by atoms with Crippen molar-refractivity contribution in [1.29, 1.82) is 0 Å². The van der Waals surface area contributed by atoms with Gasteiger partial charge in [0, 0.05) is 24.2 Å². The average Bonchev–Trinajstić information content (AvgIpc) is 2.73. The van der Waals surface area contributed by atoms with Crippen LogP contribution in [0.3, 0.4) is 0 Å². The van der Waals surface area contributed by atoms with E-state index in [-0.39, 0.29) is 5.54 Å². The Bertz CT molecular complexity index is 323. The normalized spacial score (nSPS) is 28.5. The number of thiazole rings is 1. The van der Waals surface area contributed by atoms with Gasteiger partial charge in [-0.1, -0.05) is 0 Å². The second-order valence-corrected chi connectivity index (χ2v) is 4.97. The van der Waals surface area contributed by atoms with Crippen molar-refractivity contribution in [2.45, 2.75) is 18.9 Å². The smallest absolute Gasteiger partial charge is 0.114 e. The molecule has 3 nitrogen and oxygen atoms in total. The third-order valence-electron chi connectivity index (χ3n) is 2.97. The Morgan fingerprint density at radius 3 is 2.86 bits per heavy atom. The van der Waals surface area contributed by atoms with E-state index < -0.39 is 0 Å². The van der Waals surface area contributed by atoms with Crippen LogP contribution in [-0.2, 0) is 5.54 Å². The van der Waals surface area contributed by atoms with Crippen molar-refractivity contribution in [2.75, 3.05) is 27.2 Å². The van der Waals surface area contributed by atoms with Crippen molar-refractivity contribution in [3.05, 3.63) is 16.1 Å². The molecule has 14 heavy (non-hydrogen) atoms. The molecule has 4 heteroatoms. The van der Waals surface area contributed by atoms with Crippen LogP contribution in [0.15, 0.2) is 5.38 Å². The summed E-state index contributed by atoms with van der Waals surface area (Å²) in [5.41, 5.74) is 1.24. The Morgan fingerprint density at radius 1 is 1.64 bits per heavy atom. The van der Waals surface area contributed by atoms with E-state index >= 15 is 0 Å². The summed E-state index contributed by atoms with van der Waals surface area (Å²) in [5, 5.41) is 6.81. The monoisotopic (exact) mass is 211 g/mol. The van der Waals surface area contributed by atoms with Crippen molar-refractivity contribution in [1.82, 2.24) is 15.2 Å². The van der Waals surface area contributed by atoms with Gasteiger partial charge in [-0.25, -0.2) is 4.98 Å². The highest BCUT2D eigenvalue weighted by atomic mass is 32.1. The summed E-state index contributed by atoms with van der Waals surface area (Å²) in [4.78, 5) is 6.95. The number of aromatic nitrogens is 1. The van der Waals surface area contributed by atoms with E-state index in [1.54, 1.807) is 11.3 Å². The molecule has 1 aromatic heterocycles. The van der Waals surface area contributed by atoms with Gasteiger partial charge in [0.15, 0.2) is 0 Å². The summed E-state index contributed by atoms with van der Waals surface area (Å²) in [6.45, 7) is 4.28. The highest BCUT2D eigenvalue weighted by Gasteiger charge is 2.39. The lowest BCUT2D eigenvalue weighted by molar-refractivity contribution is 0.333. The van der Waals surface area contributed by atoms with E-state index in [1.165, 1.54) is 5.01 Å². The first-order valence-corrected chi connectivity index (χ1v) is 5.84. The van der Waals surface area contributed by atoms with Crippen LogP contribution in [0.25, 0.3) is 0 Å². The van der Waals surface area contributed by atoms with Gasteiger partial charge in [0.05, 0.1) is 5.54 Å². The maximum absolute atomic E-state index is 4.60. The molecule has 0 saturated carbocycles. The Morgan fingerprint density at radius 2 is 2.43 bits per heavy atom. The van der Waals surface area contributed by atoms with Crippen LogP contribution in [0, 0.1) is 6.92 Å². The number of aryl methyl sites for hydroxylation is 1. The van der Waals surface area contributed by atoms with Gasteiger partial charge in [-0.3, -0.25) is 0 Å². The van der Waals surface area contributed by atoms with Crippen LogP contribution in [0.4, 0.5) is 0 Å². The predicted octanol–water partition coefficient (Wildman–Crippen LogP) is 1.20. The highest BCUT2D eigenvalue weighted by Crippen LogP contribution is 2.32. The van der Waals surface area contributed by atoms with Crippen LogP contribution in [-0.4, -0.2) is 37.1 Å². The maximum atomic E-state index is 4.60. The Hall–Kier alpha value is -0.450. The number of hydrogen-bond donors (Lipinski definition) is 1. The minimum Gasteiger partial charge on any atom is -0.307 e. The molecule has 1 saturated heterocycles. The molecule has 1 fully saturated rings. The molecule has 1 unspecified atom stereocenters. The number of rotatable bonds is 2. The molecule has 1 aliphatic heterocycles. The summed E-state index contributed by atoms with van der Waals surface area (Å²) < 4.78 is 0. The summed E-state index contributed by atoms with van der Waals surface area (Å²) in [7, 11) is 4.20. The SMILES string of the molecule is CNC1(c2nc(C)cs2)CCN(C)C1. The number of nitrogens with zero attached hydrogens (tertiary/aromatic N) is 2. The molecule has 0 aliphatic carbocycles. The van der Waals surface area contributed by atoms with Crippen LogP contribution in [0.5, 0.6) is 0 Å². The molecule has 1 atom stereocenters. The van der Waals surface area contributed by atoms with Crippen molar-refractivity contribution in [2.24, 2.45) is 0 Å². The van der Waals surface area contributed by atoms with E-state index in [9.17, 15) is 0 Å². The summed E-state index contributed by atoms with van der Waals surface area (Å²) >= 11 is 1.77. The van der Waals surface area contributed by atoms with Crippen molar-refractivity contribution < 1.29 is 0 Å². The molecule has 2 heterocycles.